The van der Waals surface area contributed by atoms with Gasteiger partial charge in [0.25, 0.3) is 0 Å². The molecule has 0 heterocycles. The quantitative estimate of drug-likeness (QED) is 0.487. The summed E-state index contributed by atoms with van der Waals surface area (Å²) < 4.78 is 10.1. The molecule has 0 aliphatic heterocycles. The van der Waals surface area contributed by atoms with E-state index < -0.39 is 5.60 Å². The number of hydrogen-bond acceptors (Lipinski definition) is 3. The lowest BCUT2D eigenvalue weighted by Gasteiger charge is -2.27. The second-order valence-corrected chi connectivity index (χ2v) is 4.06. The van der Waals surface area contributed by atoms with Gasteiger partial charge < -0.3 is 14.6 Å². The molecule has 0 aliphatic carbocycles. The largest absolute Gasteiger partial charge is 0.390 e. The number of rotatable bonds is 8. The Morgan fingerprint density at radius 1 is 1.21 bits per heavy atom. The summed E-state index contributed by atoms with van der Waals surface area (Å²) in [5.41, 5.74) is -0.675. The first-order valence-corrected chi connectivity index (χ1v) is 5.33. The number of hydrogen-bond donors (Lipinski definition) is 1. The van der Waals surface area contributed by atoms with Crippen molar-refractivity contribution in [2.45, 2.75) is 57.8 Å². The first-order valence-electron chi connectivity index (χ1n) is 5.33. The summed E-state index contributed by atoms with van der Waals surface area (Å²) in [5, 5.41) is 10.0. The monoisotopic (exact) mass is 204 g/mol. The lowest BCUT2D eigenvalue weighted by atomic mass is 9.94. The fraction of sp³-hybridized carbons (Fsp3) is 1.00. The predicted octanol–water partition coefficient (Wildman–Crippen LogP) is 2.33. The molecule has 0 bridgehead atoms. The fourth-order valence-corrected chi connectivity index (χ4v) is 1.48. The van der Waals surface area contributed by atoms with Crippen LogP contribution in [-0.2, 0) is 9.47 Å². The van der Waals surface area contributed by atoms with Gasteiger partial charge in [-0.3, -0.25) is 0 Å². The zero-order chi connectivity index (χ0) is 11.0. The first kappa shape index (κ1) is 13.9. The van der Waals surface area contributed by atoms with Crippen LogP contribution < -0.4 is 0 Å². The van der Waals surface area contributed by atoms with E-state index in [1.807, 2.05) is 6.92 Å². The molecule has 0 aromatic heterocycles. The molecule has 0 fully saturated rings. The van der Waals surface area contributed by atoms with Gasteiger partial charge in [0.1, 0.15) is 0 Å². The molecule has 0 spiro atoms. The van der Waals surface area contributed by atoms with Gasteiger partial charge in [-0.2, -0.15) is 0 Å². The van der Waals surface area contributed by atoms with Crippen molar-refractivity contribution in [1.29, 1.82) is 0 Å². The van der Waals surface area contributed by atoms with Crippen LogP contribution in [0.2, 0.25) is 0 Å². The van der Waals surface area contributed by atoms with Crippen molar-refractivity contribution in [3.8, 4) is 0 Å². The van der Waals surface area contributed by atoms with Crippen molar-refractivity contribution in [3.63, 3.8) is 0 Å². The van der Waals surface area contributed by atoms with Crippen LogP contribution in [0.25, 0.3) is 0 Å². The molecular formula is C11H24O3. The van der Waals surface area contributed by atoms with Crippen molar-refractivity contribution >= 4 is 0 Å². The summed E-state index contributed by atoms with van der Waals surface area (Å²) in [7, 11) is 3.19. The van der Waals surface area contributed by atoms with Crippen LogP contribution >= 0.6 is 0 Å². The summed E-state index contributed by atoms with van der Waals surface area (Å²) in [4.78, 5) is 0. The van der Waals surface area contributed by atoms with E-state index in [2.05, 4.69) is 6.92 Å². The van der Waals surface area contributed by atoms with Crippen molar-refractivity contribution in [2.24, 2.45) is 0 Å². The highest BCUT2D eigenvalue weighted by molar-refractivity contribution is 4.73. The van der Waals surface area contributed by atoms with E-state index in [1.54, 1.807) is 14.2 Å². The van der Waals surface area contributed by atoms with Gasteiger partial charge in [-0.25, -0.2) is 0 Å². The Morgan fingerprint density at radius 3 is 2.21 bits per heavy atom. The molecule has 3 nitrogen and oxygen atoms in total. The summed E-state index contributed by atoms with van der Waals surface area (Å²) in [6, 6.07) is 0. The average Bonchev–Trinajstić information content (AvgIpc) is 2.14. The minimum atomic E-state index is -0.675. The van der Waals surface area contributed by atoms with Crippen molar-refractivity contribution in [2.75, 3.05) is 14.2 Å². The molecule has 86 valence electrons. The second kappa shape index (κ2) is 7.21. The van der Waals surface area contributed by atoms with Crippen LogP contribution in [-0.4, -0.2) is 31.2 Å². The molecule has 0 rings (SSSR count). The molecule has 0 amide bonds. The third-order valence-corrected chi connectivity index (χ3v) is 2.45. The molecule has 0 saturated heterocycles. The van der Waals surface area contributed by atoms with E-state index in [-0.39, 0.29) is 6.29 Å². The Balaban J connectivity index is 3.79. The van der Waals surface area contributed by atoms with Crippen LogP contribution in [0, 0.1) is 0 Å². The Hall–Kier alpha value is -0.120. The molecule has 0 aromatic carbocycles. The molecule has 1 N–H and O–H groups in total. The van der Waals surface area contributed by atoms with Crippen molar-refractivity contribution in [1.82, 2.24) is 0 Å². The van der Waals surface area contributed by atoms with Gasteiger partial charge in [-0.05, 0) is 13.3 Å². The standard InChI is InChI=1S/C11H24O3/c1-5-6-7-8-11(2,12)9-10(13-3)14-4/h10,12H,5-9H2,1-4H3. The Kier molecular flexibility index (Phi) is 7.15. The molecule has 1 unspecified atom stereocenters. The predicted molar refractivity (Wildman–Crippen MR) is 57.2 cm³/mol. The molecule has 0 radical (unpaired) electrons. The lowest BCUT2D eigenvalue weighted by Crippen LogP contribution is -2.31. The normalized spacial score (nSPS) is 15.9. The molecule has 14 heavy (non-hydrogen) atoms. The Morgan fingerprint density at radius 2 is 1.79 bits per heavy atom. The maximum absolute atomic E-state index is 10.0. The molecule has 0 saturated carbocycles. The lowest BCUT2D eigenvalue weighted by molar-refractivity contribution is -0.141. The summed E-state index contributed by atoms with van der Waals surface area (Å²) >= 11 is 0. The zero-order valence-corrected chi connectivity index (χ0v) is 9.88. The van der Waals surface area contributed by atoms with Crippen LogP contribution in [0.5, 0.6) is 0 Å². The van der Waals surface area contributed by atoms with Gasteiger partial charge in [-0.1, -0.05) is 26.2 Å². The SMILES string of the molecule is CCCCCC(C)(O)CC(OC)OC. The minimum absolute atomic E-state index is 0.299. The van der Waals surface area contributed by atoms with Crippen molar-refractivity contribution in [3.05, 3.63) is 0 Å². The van der Waals surface area contributed by atoms with E-state index in [9.17, 15) is 5.11 Å². The summed E-state index contributed by atoms with van der Waals surface area (Å²) in [5.74, 6) is 0. The first-order chi connectivity index (χ1) is 6.55. The van der Waals surface area contributed by atoms with E-state index in [4.69, 9.17) is 9.47 Å². The maximum Gasteiger partial charge on any atom is 0.159 e. The van der Waals surface area contributed by atoms with Gasteiger partial charge in [-0.15, -0.1) is 0 Å². The highest BCUT2D eigenvalue weighted by Crippen LogP contribution is 2.21. The molecule has 0 aliphatic rings. The van der Waals surface area contributed by atoms with Crippen LogP contribution in [0.15, 0.2) is 0 Å². The van der Waals surface area contributed by atoms with Gasteiger partial charge in [0.2, 0.25) is 0 Å². The molecule has 0 aromatic rings. The van der Waals surface area contributed by atoms with Crippen LogP contribution in [0.3, 0.4) is 0 Å². The van der Waals surface area contributed by atoms with Crippen molar-refractivity contribution < 1.29 is 14.6 Å². The fourth-order valence-electron chi connectivity index (χ4n) is 1.48. The maximum atomic E-state index is 10.0. The van der Waals surface area contributed by atoms with E-state index >= 15 is 0 Å². The van der Waals surface area contributed by atoms with Gasteiger partial charge in [0.05, 0.1) is 5.60 Å². The van der Waals surface area contributed by atoms with Crippen LogP contribution in [0.4, 0.5) is 0 Å². The van der Waals surface area contributed by atoms with E-state index in [0.29, 0.717) is 6.42 Å². The Bertz CT molecular complexity index is 130. The van der Waals surface area contributed by atoms with E-state index in [1.165, 1.54) is 12.8 Å². The zero-order valence-electron chi connectivity index (χ0n) is 9.88. The molecular weight excluding hydrogens is 180 g/mol. The summed E-state index contributed by atoms with van der Waals surface area (Å²) in [6.45, 7) is 4.00. The minimum Gasteiger partial charge on any atom is -0.390 e. The number of methoxy groups -OCH3 is 2. The Labute approximate surface area is 87.4 Å². The number of ether oxygens (including phenoxy) is 2. The molecule has 1 atom stereocenters. The highest BCUT2D eigenvalue weighted by Gasteiger charge is 2.24. The van der Waals surface area contributed by atoms with Gasteiger partial charge in [0, 0.05) is 20.6 Å². The third kappa shape index (κ3) is 6.35. The van der Waals surface area contributed by atoms with Gasteiger partial charge >= 0.3 is 0 Å². The number of aliphatic hydroxyl groups is 1. The highest BCUT2D eigenvalue weighted by atomic mass is 16.7. The average molecular weight is 204 g/mol. The smallest absolute Gasteiger partial charge is 0.159 e. The summed E-state index contributed by atoms with van der Waals surface area (Å²) in [6.07, 6.45) is 4.44. The second-order valence-electron chi connectivity index (χ2n) is 4.06. The van der Waals surface area contributed by atoms with E-state index in [0.717, 1.165) is 12.8 Å². The third-order valence-electron chi connectivity index (χ3n) is 2.45. The number of unbranched alkanes of at least 4 members (excludes halogenated alkanes) is 2. The van der Waals surface area contributed by atoms with Crippen LogP contribution in [0.1, 0.15) is 46.0 Å². The topological polar surface area (TPSA) is 38.7 Å². The molecule has 3 heteroatoms. The van der Waals surface area contributed by atoms with Gasteiger partial charge in [0.15, 0.2) is 6.29 Å².